The van der Waals surface area contributed by atoms with Gasteiger partial charge in [-0.25, -0.2) is 13.4 Å². The Kier molecular flexibility index (Phi) is 2.59. The second-order valence-electron chi connectivity index (χ2n) is 3.41. The third-order valence-electron chi connectivity index (χ3n) is 2.25. The molecule has 2 aromatic rings. The largest absolute Gasteiger partial charge is 0.397 e. The number of alkyl halides is 2. The van der Waals surface area contributed by atoms with Crippen LogP contribution in [0.15, 0.2) is 16.8 Å². The minimum atomic E-state index is -2.42. The topological polar surface area (TPSA) is 68.2 Å². The molecule has 2 rings (SSSR count). The number of nitrogens with zero attached hydrogens (tertiary/aromatic N) is 3. The molecule has 0 bridgehead atoms. The third kappa shape index (κ3) is 1.75. The van der Waals surface area contributed by atoms with Crippen molar-refractivity contribution in [1.29, 1.82) is 0 Å². The first-order valence-electron chi connectivity index (χ1n) is 4.59. The highest BCUT2D eigenvalue weighted by Gasteiger charge is 2.15. The SMILES string of the molecule is CN(CC(F)F)c1ccc(N)c2nonc12. The fraction of sp³-hybridized carbons (Fsp3) is 0.333. The van der Waals surface area contributed by atoms with Crippen LogP contribution < -0.4 is 10.6 Å². The highest BCUT2D eigenvalue weighted by molar-refractivity contribution is 5.95. The fourth-order valence-corrected chi connectivity index (χ4v) is 1.49. The molecule has 86 valence electrons. The van der Waals surface area contributed by atoms with Crippen LogP contribution in [0, 0.1) is 0 Å². The zero-order valence-electron chi connectivity index (χ0n) is 8.52. The number of hydrogen-bond acceptors (Lipinski definition) is 5. The van der Waals surface area contributed by atoms with Crippen LogP contribution in [0.2, 0.25) is 0 Å². The minimum Gasteiger partial charge on any atom is -0.397 e. The molecule has 0 aliphatic heterocycles. The fourth-order valence-electron chi connectivity index (χ4n) is 1.49. The predicted molar refractivity (Wildman–Crippen MR) is 55.5 cm³/mol. The molecule has 2 N–H and O–H groups in total. The predicted octanol–water partition coefficient (Wildman–Crippen LogP) is 1.51. The Balaban J connectivity index is 2.44. The quantitative estimate of drug-likeness (QED) is 0.806. The van der Waals surface area contributed by atoms with E-state index in [1.54, 1.807) is 19.2 Å². The molecule has 16 heavy (non-hydrogen) atoms. The second kappa shape index (κ2) is 3.92. The summed E-state index contributed by atoms with van der Waals surface area (Å²) in [7, 11) is 1.55. The number of rotatable bonds is 3. The van der Waals surface area contributed by atoms with Crippen molar-refractivity contribution in [2.24, 2.45) is 0 Å². The van der Waals surface area contributed by atoms with Gasteiger partial charge in [-0.05, 0) is 22.4 Å². The van der Waals surface area contributed by atoms with Crippen LogP contribution in [0.4, 0.5) is 20.2 Å². The summed E-state index contributed by atoms with van der Waals surface area (Å²) < 4.78 is 29.0. The first-order chi connectivity index (χ1) is 7.59. The number of nitrogen functional groups attached to an aromatic ring is 1. The van der Waals surface area contributed by atoms with Gasteiger partial charge in [0.25, 0.3) is 6.43 Å². The molecule has 0 aliphatic carbocycles. The number of hydrogen-bond donors (Lipinski definition) is 1. The van der Waals surface area contributed by atoms with Gasteiger partial charge in [0, 0.05) is 7.05 Å². The second-order valence-corrected chi connectivity index (χ2v) is 3.41. The third-order valence-corrected chi connectivity index (χ3v) is 2.25. The van der Waals surface area contributed by atoms with Gasteiger partial charge in [0.1, 0.15) is 0 Å². The molecule has 1 heterocycles. The average molecular weight is 228 g/mol. The molecule has 0 aliphatic rings. The smallest absolute Gasteiger partial charge is 0.255 e. The molecule has 0 spiro atoms. The minimum absolute atomic E-state index is 0.383. The highest BCUT2D eigenvalue weighted by atomic mass is 19.3. The van der Waals surface area contributed by atoms with Crippen molar-refractivity contribution in [3.05, 3.63) is 12.1 Å². The van der Waals surface area contributed by atoms with Gasteiger partial charge in [-0.3, -0.25) is 0 Å². The van der Waals surface area contributed by atoms with Crippen LogP contribution >= 0.6 is 0 Å². The molecule has 7 heteroatoms. The van der Waals surface area contributed by atoms with Crippen molar-refractivity contribution >= 4 is 22.4 Å². The molecule has 0 fully saturated rings. The van der Waals surface area contributed by atoms with Crippen LogP contribution in [0.5, 0.6) is 0 Å². The maximum Gasteiger partial charge on any atom is 0.255 e. The molecule has 0 saturated carbocycles. The number of aromatic nitrogens is 2. The van der Waals surface area contributed by atoms with E-state index < -0.39 is 6.43 Å². The number of anilines is 2. The average Bonchev–Trinajstić information content (AvgIpc) is 2.66. The maximum absolute atomic E-state index is 12.3. The van der Waals surface area contributed by atoms with Gasteiger partial charge in [0.15, 0.2) is 11.0 Å². The molecule has 0 amide bonds. The molecular formula is C9H10F2N4O. The van der Waals surface area contributed by atoms with Crippen molar-refractivity contribution in [3.8, 4) is 0 Å². The summed E-state index contributed by atoms with van der Waals surface area (Å²) in [6.07, 6.45) is -2.42. The lowest BCUT2D eigenvalue weighted by Crippen LogP contribution is -2.24. The number of benzene rings is 1. The maximum atomic E-state index is 12.3. The first kappa shape index (κ1) is 10.6. The van der Waals surface area contributed by atoms with E-state index in [0.717, 1.165) is 0 Å². The Labute approximate surface area is 89.8 Å². The van der Waals surface area contributed by atoms with Gasteiger partial charge in [0.2, 0.25) is 0 Å². The lowest BCUT2D eigenvalue weighted by atomic mass is 10.2. The standard InChI is InChI=1S/C9H10F2N4O/c1-15(4-7(10)11)6-3-2-5(12)8-9(6)14-16-13-8/h2-3,7H,4,12H2,1H3. The van der Waals surface area contributed by atoms with Crippen molar-refractivity contribution in [3.63, 3.8) is 0 Å². The Morgan fingerprint density at radius 1 is 1.38 bits per heavy atom. The van der Waals surface area contributed by atoms with E-state index in [4.69, 9.17) is 5.73 Å². The molecule has 1 aromatic heterocycles. The highest BCUT2D eigenvalue weighted by Crippen LogP contribution is 2.27. The van der Waals surface area contributed by atoms with Gasteiger partial charge >= 0.3 is 0 Å². The summed E-state index contributed by atoms with van der Waals surface area (Å²) in [4.78, 5) is 1.39. The van der Waals surface area contributed by atoms with Gasteiger partial charge in [-0.2, -0.15) is 0 Å². The van der Waals surface area contributed by atoms with Gasteiger partial charge < -0.3 is 10.6 Å². The van der Waals surface area contributed by atoms with E-state index in [0.29, 0.717) is 22.4 Å². The Morgan fingerprint density at radius 2 is 2.06 bits per heavy atom. The summed E-state index contributed by atoms with van der Waals surface area (Å²) in [5.41, 5.74) is 7.35. The number of halogens is 2. The summed E-state index contributed by atoms with van der Waals surface area (Å²) in [6.45, 7) is -0.383. The van der Waals surface area contributed by atoms with E-state index in [1.165, 1.54) is 4.90 Å². The Bertz CT molecular complexity index is 499. The zero-order valence-corrected chi connectivity index (χ0v) is 8.52. The first-order valence-corrected chi connectivity index (χ1v) is 4.59. The van der Waals surface area contributed by atoms with E-state index >= 15 is 0 Å². The van der Waals surface area contributed by atoms with E-state index in [-0.39, 0.29) is 6.54 Å². The molecule has 0 saturated heterocycles. The summed E-state index contributed by atoms with van der Waals surface area (Å²) in [5.74, 6) is 0. The molecule has 5 nitrogen and oxygen atoms in total. The normalized spacial score (nSPS) is 11.2. The van der Waals surface area contributed by atoms with Crippen LogP contribution in [0.1, 0.15) is 0 Å². The number of fused-ring (bicyclic) bond motifs is 1. The number of nitrogens with two attached hydrogens (primary N) is 1. The lowest BCUT2D eigenvalue weighted by molar-refractivity contribution is 0.156. The van der Waals surface area contributed by atoms with Crippen LogP contribution in [-0.2, 0) is 0 Å². The Morgan fingerprint density at radius 3 is 2.75 bits per heavy atom. The molecule has 0 radical (unpaired) electrons. The van der Waals surface area contributed by atoms with E-state index in [2.05, 4.69) is 14.9 Å². The van der Waals surface area contributed by atoms with E-state index in [1.807, 2.05) is 0 Å². The van der Waals surface area contributed by atoms with Gasteiger partial charge in [0.05, 0.1) is 17.9 Å². The van der Waals surface area contributed by atoms with E-state index in [9.17, 15) is 8.78 Å². The van der Waals surface area contributed by atoms with Crippen molar-refractivity contribution in [2.45, 2.75) is 6.43 Å². The van der Waals surface area contributed by atoms with Crippen LogP contribution in [0.25, 0.3) is 11.0 Å². The molecule has 1 aromatic carbocycles. The Hall–Kier alpha value is -1.92. The van der Waals surface area contributed by atoms with Crippen molar-refractivity contribution in [1.82, 2.24) is 10.3 Å². The summed E-state index contributed by atoms with van der Waals surface area (Å²) >= 11 is 0. The monoisotopic (exact) mass is 228 g/mol. The van der Waals surface area contributed by atoms with Gasteiger partial charge in [-0.1, -0.05) is 0 Å². The van der Waals surface area contributed by atoms with Gasteiger partial charge in [-0.15, -0.1) is 0 Å². The van der Waals surface area contributed by atoms with Crippen LogP contribution in [0.3, 0.4) is 0 Å². The molecule has 0 unspecified atom stereocenters. The summed E-state index contributed by atoms with van der Waals surface area (Å²) in [6, 6.07) is 3.20. The molecule has 0 atom stereocenters. The molecular weight excluding hydrogens is 218 g/mol. The van der Waals surface area contributed by atoms with Crippen molar-refractivity contribution < 1.29 is 13.4 Å². The summed E-state index contributed by atoms with van der Waals surface area (Å²) in [5, 5.41) is 7.27. The lowest BCUT2D eigenvalue weighted by Gasteiger charge is -2.18. The van der Waals surface area contributed by atoms with Crippen molar-refractivity contribution in [2.75, 3.05) is 24.2 Å². The van der Waals surface area contributed by atoms with Crippen LogP contribution in [-0.4, -0.2) is 30.3 Å². The zero-order chi connectivity index (χ0) is 11.7.